The van der Waals surface area contributed by atoms with Crippen molar-refractivity contribution in [3.05, 3.63) is 71.7 Å². The molecule has 4 aromatic rings. The second-order valence-corrected chi connectivity index (χ2v) is 8.14. The maximum Gasteiger partial charge on any atom is 0.165 e. The Balaban J connectivity index is 1.50. The summed E-state index contributed by atoms with van der Waals surface area (Å²) < 4.78 is 2.05. The summed E-state index contributed by atoms with van der Waals surface area (Å²) in [6, 6.07) is 18.9. The molecule has 1 fully saturated rings. The van der Waals surface area contributed by atoms with Crippen LogP contribution in [0.15, 0.2) is 54.6 Å². The predicted molar refractivity (Wildman–Crippen MR) is 126 cm³/mol. The molecule has 1 saturated heterocycles. The molecule has 0 aliphatic carbocycles. The fourth-order valence-electron chi connectivity index (χ4n) is 4.41. The Kier molecular flexibility index (Phi) is 5.06. The quantitative estimate of drug-likeness (QED) is 0.500. The van der Waals surface area contributed by atoms with Crippen molar-refractivity contribution in [1.82, 2.24) is 19.6 Å². The maximum absolute atomic E-state index is 5.00. The summed E-state index contributed by atoms with van der Waals surface area (Å²) in [6.07, 6.45) is 0.874. The van der Waals surface area contributed by atoms with Gasteiger partial charge >= 0.3 is 0 Å². The molecule has 0 amide bonds. The molecule has 0 N–H and O–H groups in total. The number of rotatable bonds is 4. The van der Waals surface area contributed by atoms with Crippen LogP contribution in [0.1, 0.15) is 24.0 Å². The van der Waals surface area contributed by atoms with Gasteiger partial charge in [0, 0.05) is 49.2 Å². The van der Waals surface area contributed by atoms with Gasteiger partial charge in [0.25, 0.3) is 0 Å². The average Bonchev–Trinajstić information content (AvgIpc) is 3.17. The second kappa shape index (κ2) is 8.02. The monoisotopic (exact) mass is 412 g/mol. The summed E-state index contributed by atoms with van der Waals surface area (Å²) in [5, 5.41) is 5.00. The predicted octanol–water partition coefficient (Wildman–Crippen LogP) is 4.30. The number of benzene rings is 1. The van der Waals surface area contributed by atoms with E-state index in [2.05, 4.69) is 70.6 Å². The highest BCUT2D eigenvalue weighted by atomic mass is 15.4. The van der Waals surface area contributed by atoms with Crippen molar-refractivity contribution in [3.8, 4) is 11.1 Å². The molecule has 3 aromatic heterocycles. The molecule has 0 saturated carbocycles. The number of piperazine rings is 1. The Morgan fingerprint density at radius 3 is 2.26 bits per heavy atom. The van der Waals surface area contributed by atoms with Crippen LogP contribution in [0.5, 0.6) is 0 Å². The van der Waals surface area contributed by atoms with Crippen molar-refractivity contribution in [3.63, 3.8) is 0 Å². The fourth-order valence-corrected chi connectivity index (χ4v) is 4.41. The lowest BCUT2D eigenvalue weighted by Gasteiger charge is -2.36. The summed E-state index contributed by atoms with van der Waals surface area (Å²) in [7, 11) is 0. The number of aromatic nitrogens is 4. The zero-order valence-corrected chi connectivity index (χ0v) is 18.4. The normalized spacial score (nSPS) is 14.4. The van der Waals surface area contributed by atoms with Gasteiger partial charge in [-0.25, -0.2) is 9.97 Å². The van der Waals surface area contributed by atoms with Crippen molar-refractivity contribution in [2.24, 2.45) is 0 Å². The van der Waals surface area contributed by atoms with Crippen LogP contribution >= 0.6 is 0 Å². The molecule has 1 aromatic carbocycles. The number of hydrogen-bond acceptors (Lipinski definition) is 5. The third kappa shape index (κ3) is 3.63. The summed E-state index contributed by atoms with van der Waals surface area (Å²) in [6.45, 7) is 10.0. The summed E-state index contributed by atoms with van der Waals surface area (Å²) >= 11 is 0. The molecule has 0 atom stereocenters. The third-order valence-corrected chi connectivity index (χ3v) is 5.97. The van der Waals surface area contributed by atoms with Crippen LogP contribution in [0.4, 0.5) is 11.6 Å². The Morgan fingerprint density at radius 2 is 1.55 bits per heavy atom. The van der Waals surface area contributed by atoms with Crippen molar-refractivity contribution in [2.45, 2.75) is 27.2 Å². The van der Waals surface area contributed by atoms with Gasteiger partial charge in [-0.2, -0.15) is 9.61 Å². The average molecular weight is 413 g/mol. The topological polar surface area (TPSA) is 49.6 Å². The van der Waals surface area contributed by atoms with E-state index in [-0.39, 0.29) is 0 Å². The minimum absolute atomic E-state index is 0.874. The molecule has 31 heavy (non-hydrogen) atoms. The summed E-state index contributed by atoms with van der Waals surface area (Å²) in [4.78, 5) is 14.4. The van der Waals surface area contributed by atoms with E-state index in [1.807, 2.05) is 19.1 Å². The summed E-state index contributed by atoms with van der Waals surface area (Å²) in [5.41, 5.74) is 6.44. The summed E-state index contributed by atoms with van der Waals surface area (Å²) in [5.74, 6) is 2.19. The molecule has 0 unspecified atom stereocenters. The Morgan fingerprint density at radius 1 is 0.806 bits per heavy atom. The molecule has 5 rings (SSSR count). The number of aryl methyl sites for hydroxylation is 3. The van der Waals surface area contributed by atoms with E-state index in [9.17, 15) is 0 Å². The Hall–Kier alpha value is -3.41. The first-order chi connectivity index (χ1) is 15.1. The van der Waals surface area contributed by atoms with Crippen molar-refractivity contribution < 1.29 is 0 Å². The zero-order chi connectivity index (χ0) is 21.4. The van der Waals surface area contributed by atoms with E-state index >= 15 is 0 Å². The highest BCUT2D eigenvalue weighted by Gasteiger charge is 2.23. The zero-order valence-electron chi connectivity index (χ0n) is 18.4. The lowest BCUT2D eigenvalue weighted by molar-refractivity contribution is 0.632. The molecule has 1 aliphatic heterocycles. The molecule has 6 nitrogen and oxygen atoms in total. The van der Waals surface area contributed by atoms with Crippen LogP contribution in [0.25, 0.3) is 16.8 Å². The minimum atomic E-state index is 0.874. The number of hydrogen-bond donors (Lipinski definition) is 0. The van der Waals surface area contributed by atoms with Gasteiger partial charge in [0.1, 0.15) is 11.6 Å². The van der Waals surface area contributed by atoms with Crippen LogP contribution in [0, 0.1) is 13.8 Å². The van der Waals surface area contributed by atoms with Gasteiger partial charge < -0.3 is 9.80 Å². The van der Waals surface area contributed by atoms with E-state index in [4.69, 9.17) is 15.1 Å². The van der Waals surface area contributed by atoms with E-state index in [0.717, 1.165) is 72.5 Å². The van der Waals surface area contributed by atoms with Crippen molar-refractivity contribution >= 4 is 17.3 Å². The standard InChI is InChI=1S/C25H28N6/c1-4-21-24(20-10-6-5-7-11-20)25-27-19(3)17-23(31(25)28-21)30-15-13-29(14-16-30)22-12-8-9-18(2)26-22/h5-12,17H,4,13-16H2,1-3H3. The molecule has 158 valence electrons. The molecule has 0 bridgehead atoms. The molecule has 0 radical (unpaired) electrons. The molecule has 4 heterocycles. The number of nitrogens with zero attached hydrogens (tertiary/aromatic N) is 6. The Labute approximate surface area is 183 Å². The van der Waals surface area contributed by atoms with Crippen LogP contribution in [0.2, 0.25) is 0 Å². The van der Waals surface area contributed by atoms with Gasteiger partial charge in [-0.3, -0.25) is 0 Å². The third-order valence-electron chi connectivity index (χ3n) is 5.97. The van der Waals surface area contributed by atoms with Gasteiger partial charge in [0.15, 0.2) is 5.65 Å². The number of anilines is 2. The fraction of sp³-hybridized carbons (Fsp3) is 0.320. The lowest BCUT2D eigenvalue weighted by atomic mass is 10.0. The molecule has 1 aliphatic rings. The highest BCUT2D eigenvalue weighted by molar-refractivity contribution is 5.81. The van der Waals surface area contributed by atoms with Crippen LogP contribution in [-0.2, 0) is 6.42 Å². The first kappa shape index (κ1) is 19.5. The Bertz CT molecular complexity index is 1210. The van der Waals surface area contributed by atoms with Gasteiger partial charge in [-0.05, 0) is 38.0 Å². The number of pyridine rings is 1. The smallest absolute Gasteiger partial charge is 0.165 e. The lowest BCUT2D eigenvalue weighted by Crippen LogP contribution is -2.47. The minimum Gasteiger partial charge on any atom is -0.353 e. The van der Waals surface area contributed by atoms with Crippen molar-refractivity contribution in [2.75, 3.05) is 36.0 Å². The van der Waals surface area contributed by atoms with Gasteiger partial charge in [0.05, 0.1) is 5.69 Å². The van der Waals surface area contributed by atoms with Crippen LogP contribution in [-0.4, -0.2) is 45.8 Å². The second-order valence-electron chi connectivity index (χ2n) is 8.14. The van der Waals surface area contributed by atoms with E-state index in [0.29, 0.717) is 0 Å². The van der Waals surface area contributed by atoms with E-state index in [1.165, 1.54) is 5.56 Å². The van der Waals surface area contributed by atoms with Gasteiger partial charge in [-0.15, -0.1) is 0 Å². The highest BCUT2D eigenvalue weighted by Crippen LogP contribution is 2.31. The SMILES string of the molecule is CCc1nn2c(N3CCN(c4cccc(C)n4)CC3)cc(C)nc2c1-c1ccccc1. The molecular formula is C25H28N6. The number of fused-ring (bicyclic) bond motifs is 1. The van der Waals surface area contributed by atoms with E-state index in [1.54, 1.807) is 0 Å². The largest absolute Gasteiger partial charge is 0.353 e. The van der Waals surface area contributed by atoms with Crippen molar-refractivity contribution in [1.29, 1.82) is 0 Å². The van der Waals surface area contributed by atoms with Crippen LogP contribution in [0.3, 0.4) is 0 Å². The molecule has 6 heteroatoms. The molecule has 0 spiro atoms. The van der Waals surface area contributed by atoms with Gasteiger partial charge in [0.2, 0.25) is 0 Å². The molecular weight excluding hydrogens is 384 g/mol. The first-order valence-corrected chi connectivity index (χ1v) is 11.0. The van der Waals surface area contributed by atoms with E-state index < -0.39 is 0 Å². The van der Waals surface area contributed by atoms with Gasteiger partial charge in [-0.1, -0.05) is 43.3 Å². The maximum atomic E-state index is 5.00. The first-order valence-electron chi connectivity index (χ1n) is 11.0. The van der Waals surface area contributed by atoms with Crippen LogP contribution < -0.4 is 9.80 Å².